The number of pyridine rings is 1. The maximum Gasteiger partial charge on any atom is 0.337 e. The molecular weight excluding hydrogens is 560 g/mol. The average molecular weight is 593 g/mol. The number of amides is 1. The number of anilines is 1. The zero-order valence-corrected chi connectivity index (χ0v) is 25.0. The monoisotopic (exact) mass is 592 g/mol. The van der Waals surface area contributed by atoms with Crippen LogP contribution in [0.3, 0.4) is 0 Å². The predicted octanol–water partition coefficient (Wildman–Crippen LogP) is 8.30. The summed E-state index contributed by atoms with van der Waals surface area (Å²) in [6.45, 7) is 4.39. The van der Waals surface area contributed by atoms with Crippen LogP contribution >= 0.6 is 0 Å². The molecule has 1 heterocycles. The molecule has 1 amide bonds. The van der Waals surface area contributed by atoms with Crippen LogP contribution in [0.4, 0.5) is 5.69 Å². The normalized spacial score (nSPS) is 17.1. The number of carboxylic acids is 1. The highest BCUT2D eigenvalue weighted by Crippen LogP contribution is 2.50. The molecule has 6 nitrogen and oxygen atoms in total. The van der Waals surface area contributed by atoms with E-state index in [9.17, 15) is 19.8 Å². The fourth-order valence-corrected chi connectivity index (χ4v) is 6.96. The molecule has 0 fully saturated rings. The van der Waals surface area contributed by atoms with Gasteiger partial charge in [-0.25, -0.2) is 4.79 Å². The highest BCUT2D eigenvalue weighted by Gasteiger charge is 2.43. The van der Waals surface area contributed by atoms with Gasteiger partial charge in [-0.3, -0.25) is 9.78 Å². The Morgan fingerprint density at radius 1 is 0.822 bits per heavy atom. The minimum absolute atomic E-state index is 0.00776. The molecular formula is C39H32N2O4. The standard InChI is InChI=1S/C39H32N2O4/c1-38(2)18-19-39(45,27-20-26-9-4-6-13-34(26)40-22-27)33-21-25(14-17-32(33)38)29-15-16-31(37(43)44)36(41-23-42)35(29)30-12-7-10-24-8-3-5-11-28(24)30/h3-17,20-23,45H,18-19H2,1-2H3,(H,41,42)(H,43,44). The smallest absolute Gasteiger partial charge is 0.337 e. The van der Waals surface area contributed by atoms with Crippen LogP contribution in [0.1, 0.15) is 53.7 Å². The highest BCUT2D eigenvalue weighted by atomic mass is 16.4. The molecule has 5 aromatic carbocycles. The summed E-state index contributed by atoms with van der Waals surface area (Å²) < 4.78 is 0. The summed E-state index contributed by atoms with van der Waals surface area (Å²) in [6.07, 6.45) is 3.58. The number of para-hydroxylation sites is 1. The van der Waals surface area contributed by atoms with Crippen LogP contribution in [0, 0.1) is 0 Å². The van der Waals surface area contributed by atoms with Gasteiger partial charge in [-0.1, -0.05) is 92.7 Å². The van der Waals surface area contributed by atoms with Gasteiger partial charge in [-0.15, -0.1) is 0 Å². The number of hydrogen-bond donors (Lipinski definition) is 3. The van der Waals surface area contributed by atoms with Gasteiger partial charge in [0.25, 0.3) is 0 Å². The Kier molecular flexibility index (Phi) is 6.75. The summed E-state index contributed by atoms with van der Waals surface area (Å²) in [7, 11) is 0. The number of aromatic nitrogens is 1. The summed E-state index contributed by atoms with van der Waals surface area (Å²) in [5.41, 5.74) is 5.12. The molecule has 1 aliphatic rings. The minimum atomic E-state index is -1.29. The van der Waals surface area contributed by atoms with E-state index >= 15 is 0 Å². The molecule has 1 aromatic heterocycles. The first-order chi connectivity index (χ1) is 21.7. The molecule has 6 aromatic rings. The Bertz CT molecular complexity index is 2150. The molecule has 0 spiro atoms. The van der Waals surface area contributed by atoms with Crippen molar-refractivity contribution in [2.45, 2.75) is 37.7 Å². The van der Waals surface area contributed by atoms with Crippen LogP contribution in [-0.4, -0.2) is 27.6 Å². The summed E-state index contributed by atoms with van der Waals surface area (Å²) in [5, 5.41) is 28.3. The number of nitrogens with one attached hydrogen (secondary N) is 1. The second-order valence-corrected chi connectivity index (χ2v) is 12.4. The lowest BCUT2D eigenvalue weighted by molar-refractivity contribution is -0.105. The van der Waals surface area contributed by atoms with Gasteiger partial charge in [0.05, 0.1) is 16.8 Å². The van der Waals surface area contributed by atoms with Crippen LogP contribution in [0.25, 0.3) is 43.9 Å². The van der Waals surface area contributed by atoms with E-state index in [4.69, 9.17) is 0 Å². The van der Waals surface area contributed by atoms with Crippen molar-refractivity contribution < 1.29 is 19.8 Å². The third kappa shape index (κ3) is 4.66. The van der Waals surface area contributed by atoms with E-state index in [2.05, 4.69) is 30.2 Å². The third-order valence-corrected chi connectivity index (χ3v) is 9.38. The molecule has 1 aliphatic carbocycles. The van der Waals surface area contributed by atoms with Gasteiger partial charge in [-0.05, 0) is 81.1 Å². The molecule has 45 heavy (non-hydrogen) atoms. The lowest BCUT2D eigenvalue weighted by atomic mass is 9.64. The van der Waals surface area contributed by atoms with Crippen LogP contribution in [0.2, 0.25) is 0 Å². The van der Waals surface area contributed by atoms with Crippen molar-refractivity contribution in [1.29, 1.82) is 0 Å². The van der Waals surface area contributed by atoms with Crippen molar-refractivity contribution in [3.05, 3.63) is 132 Å². The molecule has 222 valence electrons. The average Bonchev–Trinajstić information content (AvgIpc) is 3.06. The molecule has 0 radical (unpaired) electrons. The number of aromatic carboxylic acids is 1. The molecule has 0 saturated carbocycles. The van der Waals surface area contributed by atoms with Gasteiger partial charge in [0, 0.05) is 22.7 Å². The van der Waals surface area contributed by atoms with Crippen molar-refractivity contribution >= 4 is 39.7 Å². The van der Waals surface area contributed by atoms with Crippen molar-refractivity contribution in [1.82, 2.24) is 4.98 Å². The molecule has 1 unspecified atom stereocenters. The second-order valence-electron chi connectivity index (χ2n) is 12.4. The maximum atomic E-state index is 12.6. The lowest BCUT2D eigenvalue weighted by Gasteiger charge is -2.43. The summed E-state index contributed by atoms with van der Waals surface area (Å²) in [5.74, 6) is -1.14. The van der Waals surface area contributed by atoms with Crippen LogP contribution in [0.5, 0.6) is 0 Å². The van der Waals surface area contributed by atoms with Gasteiger partial charge in [-0.2, -0.15) is 0 Å². The Labute approximate surface area is 261 Å². The highest BCUT2D eigenvalue weighted by molar-refractivity contribution is 6.10. The summed E-state index contributed by atoms with van der Waals surface area (Å²) >= 11 is 0. The van der Waals surface area contributed by atoms with E-state index in [1.807, 2.05) is 84.9 Å². The van der Waals surface area contributed by atoms with Gasteiger partial charge in [0.15, 0.2) is 0 Å². The Balaban J connectivity index is 1.51. The predicted molar refractivity (Wildman–Crippen MR) is 178 cm³/mol. The first-order valence-electron chi connectivity index (χ1n) is 15.0. The maximum absolute atomic E-state index is 12.6. The fourth-order valence-electron chi connectivity index (χ4n) is 6.96. The Morgan fingerprint density at radius 3 is 2.38 bits per heavy atom. The first-order valence-corrected chi connectivity index (χ1v) is 15.0. The fraction of sp³-hybridized carbons (Fsp3) is 0.154. The summed E-state index contributed by atoms with van der Waals surface area (Å²) in [4.78, 5) is 29.0. The number of nitrogens with zero attached hydrogens (tertiary/aromatic N) is 1. The van der Waals surface area contributed by atoms with Crippen molar-refractivity contribution in [2.24, 2.45) is 0 Å². The first kappa shape index (κ1) is 28.4. The quantitative estimate of drug-likeness (QED) is 0.169. The number of fused-ring (bicyclic) bond motifs is 3. The van der Waals surface area contributed by atoms with E-state index in [-0.39, 0.29) is 16.7 Å². The largest absolute Gasteiger partial charge is 0.478 e. The second kappa shape index (κ2) is 10.7. The van der Waals surface area contributed by atoms with E-state index in [1.54, 1.807) is 12.3 Å². The number of hydrogen-bond acceptors (Lipinski definition) is 4. The number of benzene rings is 5. The van der Waals surface area contributed by atoms with Gasteiger partial charge in [0.1, 0.15) is 5.60 Å². The topological polar surface area (TPSA) is 99.5 Å². The van der Waals surface area contributed by atoms with Crippen LogP contribution < -0.4 is 5.32 Å². The zero-order valence-electron chi connectivity index (χ0n) is 25.0. The van der Waals surface area contributed by atoms with Crippen molar-refractivity contribution in [2.75, 3.05) is 5.32 Å². The molecule has 1 atom stereocenters. The molecule has 3 N–H and O–H groups in total. The van der Waals surface area contributed by atoms with Crippen LogP contribution in [0.15, 0.2) is 109 Å². The van der Waals surface area contributed by atoms with Crippen LogP contribution in [-0.2, 0) is 15.8 Å². The Hall–Kier alpha value is -5.33. The van der Waals surface area contributed by atoms with E-state index in [0.29, 0.717) is 18.4 Å². The van der Waals surface area contributed by atoms with Gasteiger partial charge in [0.2, 0.25) is 6.41 Å². The molecule has 6 heteroatoms. The molecule has 0 saturated heterocycles. The molecule has 0 bridgehead atoms. The van der Waals surface area contributed by atoms with Crippen molar-refractivity contribution in [3.8, 4) is 22.3 Å². The number of carbonyl (C=O) groups is 2. The van der Waals surface area contributed by atoms with Gasteiger partial charge < -0.3 is 15.5 Å². The number of aliphatic hydroxyl groups is 1. The van der Waals surface area contributed by atoms with E-state index in [0.717, 1.165) is 61.5 Å². The Morgan fingerprint density at radius 2 is 1.58 bits per heavy atom. The molecule has 7 rings (SSSR count). The number of carbonyl (C=O) groups excluding carboxylic acids is 1. The van der Waals surface area contributed by atoms with Gasteiger partial charge >= 0.3 is 5.97 Å². The molecule has 0 aliphatic heterocycles. The van der Waals surface area contributed by atoms with E-state index < -0.39 is 11.6 Å². The SMILES string of the molecule is CC1(C)CCC(O)(c2cnc3ccccc3c2)c2cc(-c3ccc(C(=O)O)c(NC=O)c3-c3cccc4ccccc34)ccc21. The van der Waals surface area contributed by atoms with Crippen molar-refractivity contribution in [3.63, 3.8) is 0 Å². The summed E-state index contributed by atoms with van der Waals surface area (Å²) in [6, 6.07) is 33.1. The zero-order chi connectivity index (χ0) is 31.3. The lowest BCUT2D eigenvalue weighted by Crippen LogP contribution is -2.38. The minimum Gasteiger partial charge on any atom is -0.478 e. The van der Waals surface area contributed by atoms with E-state index in [1.165, 1.54) is 6.07 Å². The number of rotatable bonds is 6. The number of carboxylic acid groups (broad SMARTS) is 1. The third-order valence-electron chi connectivity index (χ3n) is 9.38.